The number of nitrogens with zero attached hydrogens (tertiary/aromatic N) is 3. The van der Waals surface area contributed by atoms with Gasteiger partial charge in [0.05, 0.1) is 12.0 Å². The van der Waals surface area contributed by atoms with E-state index in [9.17, 15) is 14.9 Å². The molecule has 0 aliphatic heterocycles. The minimum atomic E-state index is -0.503. The molecule has 0 amide bonds. The molecule has 0 radical (unpaired) electrons. The lowest BCUT2D eigenvalue weighted by Crippen LogP contribution is -2.17. The highest BCUT2D eigenvalue weighted by Gasteiger charge is 2.28. The molecule has 18 heavy (non-hydrogen) atoms. The third-order valence-electron chi connectivity index (χ3n) is 2.41. The van der Waals surface area contributed by atoms with Gasteiger partial charge in [0.25, 0.3) is 0 Å². The predicted octanol–water partition coefficient (Wildman–Crippen LogP) is 1.04. The number of aromatic nitrogens is 2. The van der Waals surface area contributed by atoms with Gasteiger partial charge in [0.1, 0.15) is 12.2 Å². The number of methoxy groups -OCH3 is 1. The number of nitro groups is 1. The van der Waals surface area contributed by atoms with Crippen molar-refractivity contribution in [2.24, 2.45) is 7.05 Å². The Kier molecular flexibility index (Phi) is 4.24. The third kappa shape index (κ3) is 2.76. The molecule has 8 nitrogen and oxygen atoms in total. The van der Waals surface area contributed by atoms with Gasteiger partial charge in [0.2, 0.25) is 5.82 Å². The Labute approximate surface area is 104 Å². The topological polar surface area (TPSA) is 99.3 Å². The zero-order valence-electron chi connectivity index (χ0n) is 10.8. The maximum Gasteiger partial charge on any atom is 0.334 e. The Morgan fingerprint density at radius 3 is 2.67 bits per heavy atom. The quantitative estimate of drug-likeness (QED) is 0.480. The number of nitrogens with one attached hydrogen (secondary N) is 1. The van der Waals surface area contributed by atoms with Gasteiger partial charge in [0, 0.05) is 13.0 Å². The molecule has 100 valence electrons. The number of esters is 1. The summed E-state index contributed by atoms with van der Waals surface area (Å²) in [5, 5.41) is 17.8. The maximum atomic E-state index is 11.1. The summed E-state index contributed by atoms with van der Waals surface area (Å²) in [5.74, 6) is -0.379. The van der Waals surface area contributed by atoms with Gasteiger partial charge in [0.15, 0.2) is 0 Å². The van der Waals surface area contributed by atoms with Gasteiger partial charge in [-0.05, 0) is 0 Å². The van der Waals surface area contributed by atoms with E-state index in [-0.39, 0.29) is 24.0 Å². The molecule has 1 heterocycles. The molecule has 0 aliphatic carbocycles. The van der Waals surface area contributed by atoms with Crippen LogP contribution in [0.25, 0.3) is 0 Å². The molecule has 0 spiro atoms. The van der Waals surface area contributed by atoms with E-state index in [0.29, 0.717) is 5.69 Å². The number of anilines is 1. The molecule has 0 fully saturated rings. The molecule has 1 rings (SSSR count). The first-order valence-corrected chi connectivity index (χ1v) is 5.40. The van der Waals surface area contributed by atoms with E-state index in [2.05, 4.69) is 15.2 Å². The van der Waals surface area contributed by atoms with Crippen LogP contribution in [-0.4, -0.2) is 34.3 Å². The molecule has 1 N–H and O–H groups in total. The number of hydrogen-bond donors (Lipinski definition) is 1. The van der Waals surface area contributed by atoms with Crippen LogP contribution in [0.3, 0.4) is 0 Å². The van der Waals surface area contributed by atoms with E-state index < -0.39 is 10.9 Å². The van der Waals surface area contributed by atoms with Gasteiger partial charge in [-0.15, -0.1) is 0 Å². The highest BCUT2D eigenvalue weighted by Crippen LogP contribution is 2.32. The number of carbonyl (C=O) groups is 1. The molecule has 0 atom stereocenters. The lowest BCUT2D eigenvalue weighted by atomic mass is 10.1. The first-order chi connectivity index (χ1) is 8.38. The Morgan fingerprint density at radius 1 is 1.61 bits per heavy atom. The van der Waals surface area contributed by atoms with Gasteiger partial charge >= 0.3 is 11.7 Å². The van der Waals surface area contributed by atoms with Crippen LogP contribution in [0.1, 0.15) is 25.5 Å². The summed E-state index contributed by atoms with van der Waals surface area (Å²) in [7, 11) is 2.83. The summed E-state index contributed by atoms with van der Waals surface area (Å²) < 4.78 is 5.82. The minimum absolute atomic E-state index is 0.0784. The number of rotatable bonds is 5. The monoisotopic (exact) mass is 256 g/mol. The van der Waals surface area contributed by atoms with E-state index in [1.54, 1.807) is 7.05 Å². The number of hydrogen-bond acceptors (Lipinski definition) is 6. The normalized spacial score (nSPS) is 10.5. The smallest absolute Gasteiger partial charge is 0.334 e. The molecular weight excluding hydrogens is 240 g/mol. The van der Waals surface area contributed by atoms with Crippen molar-refractivity contribution in [1.82, 2.24) is 9.78 Å². The lowest BCUT2D eigenvalue weighted by molar-refractivity contribution is -0.384. The van der Waals surface area contributed by atoms with Crippen molar-refractivity contribution >= 4 is 17.5 Å². The SMILES string of the molecule is COC(=O)CNc1c([N+](=O)[O-])c(C(C)C)nn1C. The Morgan fingerprint density at radius 2 is 2.22 bits per heavy atom. The Bertz CT molecular complexity index is 467. The van der Waals surface area contributed by atoms with Gasteiger partial charge < -0.3 is 10.1 Å². The largest absolute Gasteiger partial charge is 0.468 e. The summed E-state index contributed by atoms with van der Waals surface area (Å²) in [4.78, 5) is 21.6. The van der Waals surface area contributed by atoms with Crippen LogP contribution in [0.2, 0.25) is 0 Å². The summed E-state index contributed by atoms with van der Waals surface area (Å²) in [6.07, 6.45) is 0. The minimum Gasteiger partial charge on any atom is -0.468 e. The van der Waals surface area contributed by atoms with Crippen LogP contribution < -0.4 is 5.32 Å². The molecule has 8 heteroatoms. The fraction of sp³-hybridized carbons (Fsp3) is 0.600. The lowest BCUT2D eigenvalue weighted by Gasteiger charge is -2.04. The zero-order valence-corrected chi connectivity index (χ0v) is 10.8. The predicted molar refractivity (Wildman–Crippen MR) is 64.5 cm³/mol. The first kappa shape index (κ1) is 13.9. The number of aryl methyl sites for hydroxylation is 1. The van der Waals surface area contributed by atoms with E-state index in [1.807, 2.05) is 13.8 Å². The van der Waals surface area contributed by atoms with Crippen LogP contribution >= 0.6 is 0 Å². The van der Waals surface area contributed by atoms with Crippen molar-refractivity contribution in [2.75, 3.05) is 19.0 Å². The first-order valence-electron chi connectivity index (χ1n) is 5.40. The van der Waals surface area contributed by atoms with Gasteiger partial charge in [-0.1, -0.05) is 13.8 Å². The molecule has 1 aromatic rings. The van der Waals surface area contributed by atoms with Crippen molar-refractivity contribution in [3.8, 4) is 0 Å². The molecule has 0 bridgehead atoms. The highest BCUT2D eigenvalue weighted by atomic mass is 16.6. The Balaban J connectivity index is 3.10. The van der Waals surface area contributed by atoms with Gasteiger partial charge in [-0.25, -0.2) is 4.68 Å². The molecule has 0 aromatic carbocycles. The molecule has 0 aliphatic rings. The third-order valence-corrected chi connectivity index (χ3v) is 2.41. The van der Waals surface area contributed by atoms with E-state index in [0.717, 1.165) is 0 Å². The fourth-order valence-corrected chi connectivity index (χ4v) is 1.53. The summed E-state index contributed by atoms with van der Waals surface area (Å²) in [6, 6.07) is 0. The molecule has 1 aromatic heterocycles. The van der Waals surface area contributed by atoms with Crippen molar-refractivity contribution in [3.63, 3.8) is 0 Å². The van der Waals surface area contributed by atoms with Crippen molar-refractivity contribution < 1.29 is 14.5 Å². The second kappa shape index (κ2) is 5.48. The average Bonchev–Trinajstić information content (AvgIpc) is 2.63. The molecule has 0 saturated carbocycles. The van der Waals surface area contributed by atoms with Crippen LogP contribution in [-0.2, 0) is 16.6 Å². The Hall–Kier alpha value is -2.12. The van der Waals surface area contributed by atoms with Crippen molar-refractivity contribution in [1.29, 1.82) is 0 Å². The standard InChI is InChI=1S/C10H16N4O4/c1-6(2)8-9(14(16)17)10(13(3)12-8)11-5-7(15)18-4/h6,11H,5H2,1-4H3. The van der Waals surface area contributed by atoms with Crippen molar-refractivity contribution in [2.45, 2.75) is 19.8 Å². The highest BCUT2D eigenvalue weighted by molar-refractivity contribution is 5.76. The van der Waals surface area contributed by atoms with Gasteiger partial charge in [-0.2, -0.15) is 5.10 Å². The molecule has 0 unspecified atom stereocenters. The number of carbonyl (C=O) groups excluding carboxylic acids is 1. The second-order valence-electron chi connectivity index (χ2n) is 4.05. The van der Waals surface area contributed by atoms with Gasteiger partial charge in [-0.3, -0.25) is 14.9 Å². The van der Waals surface area contributed by atoms with Crippen LogP contribution in [0, 0.1) is 10.1 Å². The summed E-state index contributed by atoms with van der Waals surface area (Å²) in [5.41, 5.74) is 0.284. The van der Waals surface area contributed by atoms with Crippen LogP contribution in [0.15, 0.2) is 0 Å². The summed E-state index contributed by atoms with van der Waals surface area (Å²) >= 11 is 0. The fourth-order valence-electron chi connectivity index (χ4n) is 1.53. The van der Waals surface area contributed by atoms with Crippen molar-refractivity contribution in [3.05, 3.63) is 15.8 Å². The molecular formula is C10H16N4O4. The number of ether oxygens (including phenoxy) is 1. The second-order valence-corrected chi connectivity index (χ2v) is 4.05. The van der Waals surface area contributed by atoms with Crippen LogP contribution in [0.4, 0.5) is 11.5 Å². The van der Waals surface area contributed by atoms with Crippen LogP contribution in [0.5, 0.6) is 0 Å². The van der Waals surface area contributed by atoms with E-state index in [4.69, 9.17) is 0 Å². The summed E-state index contributed by atoms with van der Waals surface area (Å²) in [6.45, 7) is 3.49. The zero-order chi connectivity index (χ0) is 13.9. The maximum absolute atomic E-state index is 11.1. The average molecular weight is 256 g/mol. The van der Waals surface area contributed by atoms with E-state index in [1.165, 1.54) is 11.8 Å². The van der Waals surface area contributed by atoms with E-state index >= 15 is 0 Å². The molecule has 0 saturated heterocycles.